The summed E-state index contributed by atoms with van der Waals surface area (Å²) in [6.07, 6.45) is -0.369. The summed E-state index contributed by atoms with van der Waals surface area (Å²) in [5.74, 6) is 1.16. The predicted octanol–water partition coefficient (Wildman–Crippen LogP) is 4.52. The lowest BCUT2D eigenvalue weighted by molar-refractivity contribution is 0.157. The number of methoxy groups -OCH3 is 1. The van der Waals surface area contributed by atoms with Crippen LogP contribution in [0.3, 0.4) is 0 Å². The standard InChI is InChI=1S/C19H20N2O4S/c1-4-21(5-2)19(23)25-13-7-9-15-17(11-13)26-18(20-15)14-8-6-12(24-3)10-16(14)22/h6-11,22H,4-5H2,1-3H3. The molecule has 26 heavy (non-hydrogen) atoms. The van der Waals surface area contributed by atoms with Gasteiger partial charge in [-0.3, -0.25) is 0 Å². The lowest BCUT2D eigenvalue weighted by Gasteiger charge is -2.17. The van der Waals surface area contributed by atoms with Crippen LogP contribution in [-0.2, 0) is 0 Å². The van der Waals surface area contributed by atoms with Crippen LogP contribution < -0.4 is 9.47 Å². The first-order valence-electron chi connectivity index (χ1n) is 8.30. The molecule has 0 unspecified atom stereocenters. The van der Waals surface area contributed by atoms with E-state index in [4.69, 9.17) is 9.47 Å². The smallest absolute Gasteiger partial charge is 0.415 e. The number of aromatic hydroxyl groups is 1. The topological polar surface area (TPSA) is 71.9 Å². The maximum atomic E-state index is 12.1. The number of thiazole rings is 1. The number of rotatable bonds is 5. The molecule has 1 aromatic heterocycles. The molecule has 0 fully saturated rings. The van der Waals surface area contributed by atoms with Gasteiger partial charge in [0.2, 0.25) is 0 Å². The fraction of sp³-hybridized carbons (Fsp3) is 0.263. The third kappa shape index (κ3) is 3.57. The molecule has 2 aromatic carbocycles. The molecule has 6 nitrogen and oxygen atoms in total. The molecule has 0 aliphatic carbocycles. The van der Waals surface area contributed by atoms with E-state index in [2.05, 4.69) is 4.98 Å². The first-order valence-corrected chi connectivity index (χ1v) is 9.12. The molecule has 0 atom stereocenters. The highest BCUT2D eigenvalue weighted by Crippen LogP contribution is 2.38. The van der Waals surface area contributed by atoms with Crippen LogP contribution >= 0.6 is 11.3 Å². The van der Waals surface area contributed by atoms with Crippen LogP contribution in [0.2, 0.25) is 0 Å². The minimum Gasteiger partial charge on any atom is -0.507 e. The maximum absolute atomic E-state index is 12.1. The highest BCUT2D eigenvalue weighted by Gasteiger charge is 2.15. The summed E-state index contributed by atoms with van der Waals surface area (Å²) in [6.45, 7) is 5.01. The molecule has 1 heterocycles. The van der Waals surface area contributed by atoms with Crippen LogP contribution in [0.1, 0.15) is 13.8 Å². The van der Waals surface area contributed by atoms with E-state index in [1.807, 2.05) is 13.8 Å². The van der Waals surface area contributed by atoms with Gasteiger partial charge in [-0.15, -0.1) is 11.3 Å². The number of ether oxygens (including phenoxy) is 2. The Morgan fingerprint density at radius 2 is 1.88 bits per heavy atom. The predicted molar refractivity (Wildman–Crippen MR) is 102 cm³/mol. The number of nitrogens with zero attached hydrogens (tertiary/aromatic N) is 2. The van der Waals surface area contributed by atoms with E-state index < -0.39 is 0 Å². The minimum absolute atomic E-state index is 0.108. The van der Waals surface area contributed by atoms with Crippen molar-refractivity contribution in [3.05, 3.63) is 36.4 Å². The number of amides is 1. The summed E-state index contributed by atoms with van der Waals surface area (Å²) in [4.78, 5) is 18.3. The quantitative estimate of drug-likeness (QED) is 0.713. The van der Waals surface area contributed by atoms with Crippen molar-refractivity contribution in [3.63, 3.8) is 0 Å². The Bertz CT molecular complexity index is 934. The average molecular weight is 372 g/mol. The highest BCUT2D eigenvalue weighted by atomic mass is 32.1. The number of carbonyl (C=O) groups is 1. The fourth-order valence-electron chi connectivity index (χ4n) is 2.55. The van der Waals surface area contributed by atoms with Gasteiger partial charge in [0.1, 0.15) is 22.3 Å². The van der Waals surface area contributed by atoms with Crippen molar-refractivity contribution in [2.45, 2.75) is 13.8 Å². The molecule has 7 heteroatoms. The van der Waals surface area contributed by atoms with Gasteiger partial charge in [-0.2, -0.15) is 0 Å². The van der Waals surface area contributed by atoms with E-state index in [1.165, 1.54) is 11.3 Å². The number of aromatic nitrogens is 1. The van der Waals surface area contributed by atoms with Gasteiger partial charge in [0.15, 0.2) is 0 Å². The molecule has 0 aliphatic heterocycles. The van der Waals surface area contributed by atoms with Crippen molar-refractivity contribution in [1.82, 2.24) is 9.88 Å². The van der Waals surface area contributed by atoms with Crippen LogP contribution in [0.5, 0.6) is 17.2 Å². The summed E-state index contributed by atoms with van der Waals surface area (Å²) in [5.41, 5.74) is 1.41. The van der Waals surface area contributed by atoms with Gasteiger partial charge in [-0.1, -0.05) is 0 Å². The number of fused-ring (bicyclic) bond motifs is 1. The van der Waals surface area contributed by atoms with Crippen molar-refractivity contribution in [2.75, 3.05) is 20.2 Å². The first-order chi connectivity index (χ1) is 12.5. The molecule has 1 amide bonds. The molecule has 1 N–H and O–H groups in total. The van der Waals surface area contributed by atoms with Gasteiger partial charge < -0.3 is 19.5 Å². The van der Waals surface area contributed by atoms with E-state index in [1.54, 1.807) is 48.4 Å². The molecule has 0 bridgehead atoms. The van der Waals surface area contributed by atoms with Gasteiger partial charge in [0.25, 0.3) is 0 Å². The first kappa shape index (κ1) is 18.0. The third-order valence-corrected chi connectivity index (χ3v) is 5.07. The van der Waals surface area contributed by atoms with E-state index in [0.29, 0.717) is 35.2 Å². The zero-order valence-electron chi connectivity index (χ0n) is 14.9. The Morgan fingerprint density at radius 1 is 1.15 bits per heavy atom. The van der Waals surface area contributed by atoms with Crippen LogP contribution in [0.4, 0.5) is 4.79 Å². The third-order valence-electron chi connectivity index (χ3n) is 4.02. The summed E-state index contributed by atoms with van der Waals surface area (Å²) in [6, 6.07) is 10.4. The Hall–Kier alpha value is -2.80. The largest absolute Gasteiger partial charge is 0.507 e. The molecule has 3 aromatic rings. The molecular weight excluding hydrogens is 352 g/mol. The molecule has 136 valence electrons. The second-order valence-electron chi connectivity index (χ2n) is 5.57. The van der Waals surface area contributed by atoms with E-state index in [-0.39, 0.29) is 11.8 Å². The van der Waals surface area contributed by atoms with Crippen LogP contribution in [0.25, 0.3) is 20.8 Å². The minimum atomic E-state index is -0.369. The average Bonchev–Trinajstić information content (AvgIpc) is 3.05. The van der Waals surface area contributed by atoms with Crippen LogP contribution in [0, 0.1) is 0 Å². The van der Waals surface area contributed by atoms with Gasteiger partial charge >= 0.3 is 6.09 Å². The fourth-order valence-corrected chi connectivity index (χ4v) is 3.58. The summed E-state index contributed by atoms with van der Waals surface area (Å²) >= 11 is 1.42. The molecule has 0 radical (unpaired) electrons. The molecule has 0 saturated carbocycles. The van der Waals surface area contributed by atoms with E-state index in [0.717, 1.165) is 10.2 Å². The Kier molecular flexibility index (Phi) is 5.27. The monoisotopic (exact) mass is 372 g/mol. The Balaban J connectivity index is 1.89. The second kappa shape index (κ2) is 7.61. The van der Waals surface area contributed by atoms with Crippen molar-refractivity contribution >= 4 is 27.6 Å². The van der Waals surface area contributed by atoms with Crippen LogP contribution in [0.15, 0.2) is 36.4 Å². The number of phenols is 1. The summed E-state index contributed by atoms with van der Waals surface area (Å²) in [7, 11) is 1.55. The summed E-state index contributed by atoms with van der Waals surface area (Å²) in [5, 5.41) is 10.9. The van der Waals surface area contributed by atoms with Gasteiger partial charge in [-0.25, -0.2) is 9.78 Å². The molecular formula is C19H20N2O4S. The second-order valence-corrected chi connectivity index (χ2v) is 6.60. The van der Waals surface area contributed by atoms with Crippen molar-refractivity contribution < 1.29 is 19.4 Å². The molecule has 0 spiro atoms. The molecule has 0 saturated heterocycles. The van der Waals surface area contributed by atoms with E-state index >= 15 is 0 Å². The zero-order chi connectivity index (χ0) is 18.7. The molecule has 3 rings (SSSR count). The molecule has 0 aliphatic rings. The normalized spacial score (nSPS) is 10.7. The van der Waals surface area contributed by atoms with Crippen molar-refractivity contribution in [2.24, 2.45) is 0 Å². The van der Waals surface area contributed by atoms with E-state index in [9.17, 15) is 9.90 Å². The Morgan fingerprint density at radius 3 is 2.54 bits per heavy atom. The lowest BCUT2D eigenvalue weighted by atomic mass is 10.2. The van der Waals surface area contributed by atoms with Crippen molar-refractivity contribution in [1.29, 1.82) is 0 Å². The van der Waals surface area contributed by atoms with Gasteiger partial charge in [0.05, 0.1) is 22.9 Å². The van der Waals surface area contributed by atoms with Gasteiger partial charge in [-0.05, 0) is 38.1 Å². The van der Waals surface area contributed by atoms with Gasteiger partial charge in [0, 0.05) is 25.2 Å². The number of benzene rings is 2. The Labute approximate surface area is 155 Å². The van der Waals surface area contributed by atoms with Crippen LogP contribution in [-0.4, -0.2) is 41.3 Å². The maximum Gasteiger partial charge on any atom is 0.415 e. The number of hydrogen-bond acceptors (Lipinski definition) is 6. The highest BCUT2D eigenvalue weighted by molar-refractivity contribution is 7.21. The zero-order valence-corrected chi connectivity index (χ0v) is 15.7. The summed E-state index contributed by atoms with van der Waals surface area (Å²) < 4.78 is 11.4. The number of hydrogen-bond donors (Lipinski definition) is 1. The lowest BCUT2D eigenvalue weighted by Crippen LogP contribution is -2.33. The SMILES string of the molecule is CCN(CC)C(=O)Oc1ccc2nc(-c3ccc(OC)cc3O)sc2c1. The number of phenolic OH excluding ortho intramolecular Hbond substituents is 1. The van der Waals surface area contributed by atoms with Crippen molar-refractivity contribution in [3.8, 4) is 27.8 Å². The number of carbonyl (C=O) groups excluding carboxylic acids is 1.